The molecule has 2 fully saturated rings. The number of piperidine rings is 1. The molecule has 1 spiro atoms. The van der Waals surface area contributed by atoms with E-state index in [1.165, 1.54) is 0 Å². The zero-order valence-electron chi connectivity index (χ0n) is 13.6. The van der Waals surface area contributed by atoms with E-state index in [2.05, 4.69) is 26.9 Å². The van der Waals surface area contributed by atoms with Crippen LogP contribution in [0.5, 0.6) is 0 Å². The molecule has 4 rings (SSSR count). The van der Waals surface area contributed by atoms with Crippen molar-refractivity contribution in [1.29, 1.82) is 0 Å². The highest BCUT2D eigenvalue weighted by atomic mass is 16.2. The lowest BCUT2D eigenvalue weighted by Crippen LogP contribution is -2.50. The summed E-state index contributed by atoms with van der Waals surface area (Å²) in [6, 6.07) is 5.91. The van der Waals surface area contributed by atoms with Crippen molar-refractivity contribution in [3.8, 4) is 0 Å². The van der Waals surface area contributed by atoms with E-state index in [0.29, 0.717) is 5.91 Å². The first-order valence-electron chi connectivity index (χ1n) is 8.58. The first-order chi connectivity index (χ1) is 11.2. The van der Waals surface area contributed by atoms with E-state index in [1.54, 1.807) is 0 Å². The molecule has 122 valence electrons. The summed E-state index contributed by atoms with van der Waals surface area (Å²) in [5.41, 5.74) is 0.639. The summed E-state index contributed by atoms with van der Waals surface area (Å²) in [6.45, 7) is 5.58. The molecule has 1 atom stereocenters. The highest BCUT2D eigenvalue weighted by Crippen LogP contribution is 2.41. The van der Waals surface area contributed by atoms with E-state index in [4.69, 9.17) is 0 Å². The third-order valence-electron chi connectivity index (χ3n) is 5.25. The van der Waals surface area contributed by atoms with Crippen LogP contribution in [-0.4, -0.2) is 51.6 Å². The normalized spacial score (nSPS) is 25.0. The molecule has 0 N–H and O–H groups in total. The number of likely N-dealkylation sites (tertiary alicyclic amines) is 1. The van der Waals surface area contributed by atoms with Crippen molar-refractivity contribution in [2.45, 2.75) is 32.6 Å². The first kappa shape index (κ1) is 14.5. The molecule has 6 heteroatoms. The molecule has 0 bridgehead atoms. The summed E-state index contributed by atoms with van der Waals surface area (Å²) in [5, 5.41) is 8.59. The first-order valence-corrected chi connectivity index (χ1v) is 8.58. The van der Waals surface area contributed by atoms with Gasteiger partial charge in [0.2, 0.25) is 11.9 Å². The third-order valence-corrected chi connectivity index (χ3v) is 5.25. The minimum Gasteiger partial charge on any atom is -0.342 e. The fourth-order valence-corrected chi connectivity index (χ4v) is 4.10. The lowest BCUT2D eigenvalue weighted by molar-refractivity contribution is -0.145. The number of amides is 1. The fourth-order valence-electron chi connectivity index (χ4n) is 4.10. The van der Waals surface area contributed by atoms with E-state index >= 15 is 0 Å². The Morgan fingerprint density at radius 3 is 3.00 bits per heavy atom. The van der Waals surface area contributed by atoms with Crippen molar-refractivity contribution in [3.63, 3.8) is 0 Å². The van der Waals surface area contributed by atoms with Gasteiger partial charge in [0.1, 0.15) is 0 Å². The summed E-state index contributed by atoms with van der Waals surface area (Å²) < 4.78 is 2.01. The number of rotatable bonds is 3. The van der Waals surface area contributed by atoms with Crippen LogP contribution in [0.25, 0.3) is 5.65 Å². The second-order valence-corrected chi connectivity index (χ2v) is 6.78. The van der Waals surface area contributed by atoms with E-state index < -0.39 is 0 Å². The molecule has 0 radical (unpaired) electrons. The lowest BCUT2D eigenvalue weighted by atomic mass is 9.78. The van der Waals surface area contributed by atoms with Crippen LogP contribution in [0.4, 0.5) is 5.95 Å². The predicted octanol–water partition coefficient (Wildman–Crippen LogP) is 1.96. The molecule has 6 nitrogen and oxygen atoms in total. The molecular weight excluding hydrogens is 290 g/mol. The Morgan fingerprint density at radius 2 is 2.13 bits per heavy atom. The summed E-state index contributed by atoms with van der Waals surface area (Å²) in [7, 11) is 0. The molecule has 2 aliphatic heterocycles. The quantitative estimate of drug-likeness (QED) is 0.869. The number of pyridine rings is 1. The van der Waals surface area contributed by atoms with Crippen molar-refractivity contribution in [2.24, 2.45) is 5.41 Å². The topological polar surface area (TPSA) is 53.7 Å². The average molecular weight is 313 g/mol. The van der Waals surface area contributed by atoms with Gasteiger partial charge in [-0.05, 0) is 37.8 Å². The Balaban J connectivity index is 1.60. The third kappa shape index (κ3) is 2.28. The van der Waals surface area contributed by atoms with Crippen molar-refractivity contribution in [3.05, 3.63) is 24.4 Å². The average Bonchev–Trinajstić information content (AvgIpc) is 3.17. The van der Waals surface area contributed by atoms with Crippen LogP contribution in [-0.2, 0) is 4.79 Å². The maximum Gasteiger partial charge on any atom is 0.231 e. The Morgan fingerprint density at radius 1 is 1.22 bits per heavy atom. The SMILES string of the molecule is CCCN1CCC[C@]2(CCN(c3nnc4ccccn34)C2)C1=O. The van der Waals surface area contributed by atoms with Crippen molar-refractivity contribution >= 4 is 17.5 Å². The van der Waals surface area contributed by atoms with Crippen LogP contribution >= 0.6 is 0 Å². The zero-order chi connectivity index (χ0) is 15.9. The largest absolute Gasteiger partial charge is 0.342 e. The number of hydrogen-bond donors (Lipinski definition) is 0. The molecule has 0 aromatic carbocycles. The van der Waals surface area contributed by atoms with Gasteiger partial charge >= 0.3 is 0 Å². The fraction of sp³-hybridized carbons (Fsp3) is 0.588. The Kier molecular flexibility index (Phi) is 3.47. The Hall–Kier alpha value is -2.11. The van der Waals surface area contributed by atoms with E-state index in [9.17, 15) is 4.79 Å². The molecule has 23 heavy (non-hydrogen) atoms. The lowest BCUT2D eigenvalue weighted by Gasteiger charge is -2.39. The van der Waals surface area contributed by atoms with E-state index in [1.807, 2.05) is 28.8 Å². The molecule has 4 heterocycles. The second-order valence-electron chi connectivity index (χ2n) is 6.78. The van der Waals surface area contributed by atoms with Crippen LogP contribution < -0.4 is 4.90 Å². The second kappa shape index (κ2) is 5.51. The van der Waals surface area contributed by atoms with Gasteiger partial charge < -0.3 is 9.80 Å². The van der Waals surface area contributed by atoms with Gasteiger partial charge in [-0.25, -0.2) is 0 Å². The van der Waals surface area contributed by atoms with Gasteiger partial charge in [0.15, 0.2) is 5.65 Å². The van der Waals surface area contributed by atoms with Crippen molar-refractivity contribution < 1.29 is 4.79 Å². The van der Waals surface area contributed by atoms with Crippen LogP contribution in [0.1, 0.15) is 32.6 Å². The van der Waals surface area contributed by atoms with E-state index in [0.717, 1.165) is 63.5 Å². The number of carbonyl (C=O) groups is 1. The molecule has 2 aliphatic rings. The smallest absolute Gasteiger partial charge is 0.231 e. The van der Waals surface area contributed by atoms with Crippen molar-refractivity contribution in [2.75, 3.05) is 31.1 Å². The number of fused-ring (bicyclic) bond motifs is 1. The van der Waals surface area contributed by atoms with Crippen LogP contribution in [0.3, 0.4) is 0 Å². The summed E-state index contributed by atoms with van der Waals surface area (Å²) in [4.78, 5) is 17.3. The number of anilines is 1. The molecule has 2 saturated heterocycles. The minimum atomic E-state index is -0.214. The molecule has 2 aromatic heterocycles. The zero-order valence-corrected chi connectivity index (χ0v) is 13.6. The standard InChI is InChI=1S/C17H23N5O/c1-2-9-20-10-5-7-17(15(20)23)8-12-21(13-17)16-19-18-14-6-3-4-11-22(14)16/h3-4,6,11H,2,5,7-10,12-13H2,1H3/t17-/m1/s1. The minimum absolute atomic E-state index is 0.214. The van der Waals surface area contributed by atoms with Crippen LogP contribution in [0.2, 0.25) is 0 Å². The van der Waals surface area contributed by atoms with Gasteiger partial charge in [-0.1, -0.05) is 13.0 Å². The van der Waals surface area contributed by atoms with Gasteiger partial charge in [-0.15, -0.1) is 10.2 Å². The molecule has 2 aromatic rings. The van der Waals surface area contributed by atoms with Crippen LogP contribution in [0, 0.1) is 5.41 Å². The maximum atomic E-state index is 13.0. The highest BCUT2D eigenvalue weighted by Gasteiger charge is 2.48. The van der Waals surface area contributed by atoms with Crippen LogP contribution in [0.15, 0.2) is 24.4 Å². The number of carbonyl (C=O) groups excluding carboxylic acids is 1. The van der Waals surface area contributed by atoms with Gasteiger partial charge in [-0.3, -0.25) is 9.20 Å². The monoisotopic (exact) mass is 313 g/mol. The number of aromatic nitrogens is 3. The van der Waals surface area contributed by atoms with Gasteiger partial charge in [0, 0.05) is 32.4 Å². The van der Waals surface area contributed by atoms with Gasteiger partial charge in [0.25, 0.3) is 0 Å². The van der Waals surface area contributed by atoms with E-state index in [-0.39, 0.29) is 5.41 Å². The summed E-state index contributed by atoms with van der Waals surface area (Å²) in [5.74, 6) is 1.21. The Labute approximate surface area is 136 Å². The number of hydrogen-bond acceptors (Lipinski definition) is 4. The molecule has 1 amide bonds. The van der Waals surface area contributed by atoms with Gasteiger partial charge in [0.05, 0.1) is 5.41 Å². The molecular formula is C17H23N5O. The highest BCUT2D eigenvalue weighted by molar-refractivity contribution is 5.85. The molecule has 0 unspecified atom stereocenters. The number of nitrogens with zero attached hydrogens (tertiary/aromatic N) is 5. The van der Waals surface area contributed by atoms with Crippen molar-refractivity contribution in [1.82, 2.24) is 19.5 Å². The maximum absolute atomic E-state index is 13.0. The molecule has 0 aliphatic carbocycles. The summed E-state index contributed by atoms with van der Waals surface area (Å²) >= 11 is 0. The summed E-state index contributed by atoms with van der Waals surface area (Å²) in [6.07, 6.45) is 6.05. The van der Waals surface area contributed by atoms with Gasteiger partial charge in [-0.2, -0.15) is 0 Å². The Bertz CT molecular complexity index is 725. The molecule has 0 saturated carbocycles. The predicted molar refractivity (Wildman–Crippen MR) is 88.4 cm³/mol.